The van der Waals surface area contributed by atoms with E-state index in [4.69, 9.17) is 11.6 Å². The predicted molar refractivity (Wildman–Crippen MR) is 138 cm³/mol. The van der Waals surface area contributed by atoms with Gasteiger partial charge in [0.25, 0.3) is 5.91 Å². The number of carbonyl (C=O) groups is 3. The summed E-state index contributed by atoms with van der Waals surface area (Å²) in [6.45, 7) is 7.08. The Bertz CT molecular complexity index is 1020. The zero-order valence-electron chi connectivity index (χ0n) is 19.6. The predicted octanol–water partition coefficient (Wildman–Crippen LogP) is 5.01. The summed E-state index contributed by atoms with van der Waals surface area (Å²) in [5.41, 5.74) is 1.16. The van der Waals surface area contributed by atoms with Crippen LogP contribution in [0, 0.1) is 5.92 Å². The van der Waals surface area contributed by atoms with Crippen LogP contribution in [-0.4, -0.2) is 59.4 Å². The van der Waals surface area contributed by atoms with E-state index >= 15 is 0 Å². The molecular weight excluding hydrogens is 520 g/mol. The maximum Gasteiger partial charge on any atom is 0.322 e. The highest BCUT2D eigenvalue weighted by Gasteiger charge is 2.35. The standard InChI is InChI=1S/C25H30BrClN4O3/c1-4-16(2)22(29-23(32)18-5-7-19(26)8-6-18)24(33)30-13-14-31(17(3)15-30)25(34)28-21-11-9-20(27)10-12-21/h5-12,16-17,22H,4,13-15H2,1-3H3,(H,28,34)(H,29,32). The van der Waals surface area contributed by atoms with Crippen LogP contribution in [-0.2, 0) is 4.79 Å². The van der Waals surface area contributed by atoms with Crippen molar-refractivity contribution in [1.29, 1.82) is 0 Å². The summed E-state index contributed by atoms with van der Waals surface area (Å²) in [6.07, 6.45) is 0.746. The van der Waals surface area contributed by atoms with Crippen LogP contribution < -0.4 is 10.6 Å². The van der Waals surface area contributed by atoms with Crippen molar-refractivity contribution < 1.29 is 14.4 Å². The molecule has 2 aromatic rings. The zero-order valence-corrected chi connectivity index (χ0v) is 21.9. The maximum absolute atomic E-state index is 13.4. The molecule has 9 heteroatoms. The lowest BCUT2D eigenvalue weighted by Crippen LogP contribution is -2.60. The molecule has 2 N–H and O–H groups in total. The van der Waals surface area contributed by atoms with Crippen molar-refractivity contribution in [3.63, 3.8) is 0 Å². The molecule has 1 heterocycles. The van der Waals surface area contributed by atoms with E-state index in [0.29, 0.717) is 35.9 Å². The molecule has 182 valence electrons. The quantitative estimate of drug-likeness (QED) is 0.531. The van der Waals surface area contributed by atoms with Gasteiger partial charge in [0.15, 0.2) is 0 Å². The van der Waals surface area contributed by atoms with Gasteiger partial charge in [0.1, 0.15) is 6.04 Å². The Labute approximate surface area is 214 Å². The molecule has 0 saturated carbocycles. The zero-order chi connectivity index (χ0) is 24.8. The van der Waals surface area contributed by atoms with E-state index in [2.05, 4.69) is 26.6 Å². The third-order valence-corrected chi connectivity index (χ3v) is 6.95. The van der Waals surface area contributed by atoms with Gasteiger partial charge in [0, 0.05) is 46.4 Å². The summed E-state index contributed by atoms with van der Waals surface area (Å²) in [4.78, 5) is 42.5. The highest BCUT2D eigenvalue weighted by atomic mass is 79.9. The van der Waals surface area contributed by atoms with Crippen LogP contribution in [0.3, 0.4) is 0 Å². The van der Waals surface area contributed by atoms with E-state index < -0.39 is 6.04 Å². The SMILES string of the molecule is CCC(C)C(NC(=O)c1ccc(Br)cc1)C(=O)N1CCN(C(=O)Nc2ccc(Cl)cc2)C(C)C1. The second-order valence-electron chi connectivity index (χ2n) is 8.61. The van der Waals surface area contributed by atoms with E-state index in [9.17, 15) is 14.4 Å². The molecular formula is C25H30BrClN4O3. The van der Waals surface area contributed by atoms with Gasteiger partial charge >= 0.3 is 6.03 Å². The van der Waals surface area contributed by atoms with Crippen molar-refractivity contribution in [2.45, 2.75) is 39.3 Å². The number of piperazine rings is 1. The summed E-state index contributed by atoms with van der Waals surface area (Å²) < 4.78 is 0.880. The fraction of sp³-hybridized carbons (Fsp3) is 0.400. The summed E-state index contributed by atoms with van der Waals surface area (Å²) in [7, 11) is 0. The molecule has 1 fully saturated rings. The lowest BCUT2D eigenvalue weighted by atomic mass is 9.96. The van der Waals surface area contributed by atoms with Gasteiger partial charge in [0.05, 0.1) is 0 Å². The highest BCUT2D eigenvalue weighted by molar-refractivity contribution is 9.10. The minimum atomic E-state index is -0.636. The van der Waals surface area contributed by atoms with Crippen LogP contribution >= 0.6 is 27.5 Å². The highest BCUT2D eigenvalue weighted by Crippen LogP contribution is 2.19. The number of urea groups is 1. The fourth-order valence-corrected chi connectivity index (χ4v) is 4.28. The van der Waals surface area contributed by atoms with E-state index in [1.807, 2.05) is 20.8 Å². The summed E-state index contributed by atoms with van der Waals surface area (Å²) >= 11 is 9.27. The maximum atomic E-state index is 13.4. The number of hydrogen-bond acceptors (Lipinski definition) is 3. The minimum absolute atomic E-state index is 0.0339. The van der Waals surface area contributed by atoms with Crippen LogP contribution in [0.15, 0.2) is 53.0 Å². The molecule has 0 spiro atoms. The van der Waals surface area contributed by atoms with Gasteiger partial charge in [-0.15, -0.1) is 0 Å². The number of amides is 4. The summed E-state index contributed by atoms with van der Waals surface area (Å²) in [5, 5.41) is 6.41. The largest absolute Gasteiger partial charge is 0.340 e. The molecule has 34 heavy (non-hydrogen) atoms. The number of hydrogen-bond donors (Lipinski definition) is 2. The molecule has 1 saturated heterocycles. The number of rotatable bonds is 6. The Kier molecular flexibility index (Phi) is 8.97. The van der Waals surface area contributed by atoms with Gasteiger partial charge in [-0.3, -0.25) is 9.59 Å². The van der Waals surface area contributed by atoms with Gasteiger partial charge in [-0.1, -0.05) is 47.8 Å². The molecule has 3 rings (SSSR count). The van der Waals surface area contributed by atoms with E-state index in [0.717, 1.165) is 10.9 Å². The second kappa shape index (κ2) is 11.7. The molecule has 7 nitrogen and oxygen atoms in total. The molecule has 1 aliphatic rings. The summed E-state index contributed by atoms with van der Waals surface area (Å²) in [6, 6.07) is 12.9. The van der Waals surface area contributed by atoms with Crippen LogP contribution in [0.2, 0.25) is 5.02 Å². The van der Waals surface area contributed by atoms with Gasteiger partial charge < -0.3 is 20.4 Å². The van der Waals surface area contributed by atoms with Crippen LogP contribution in [0.1, 0.15) is 37.6 Å². The second-order valence-corrected chi connectivity index (χ2v) is 9.96. The van der Waals surface area contributed by atoms with Crippen molar-refractivity contribution in [3.05, 3.63) is 63.6 Å². The van der Waals surface area contributed by atoms with Crippen molar-refractivity contribution in [3.8, 4) is 0 Å². The minimum Gasteiger partial charge on any atom is -0.340 e. The number of carbonyl (C=O) groups excluding carboxylic acids is 3. The summed E-state index contributed by atoms with van der Waals surface area (Å²) in [5.74, 6) is -0.432. The van der Waals surface area contributed by atoms with E-state index in [1.165, 1.54) is 0 Å². The van der Waals surface area contributed by atoms with Crippen LogP contribution in [0.5, 0.6) is 0 Å². The van der Waals surface area contributed by atoms with Crippen molar-refractivity contribution in [2.24, 2.45) is 5.92 Å². The molecule has 0 radical (unpaired) electrons. The average Bonchev–Trinajstić information content (AvgIpc) is 2.83. The first-order valence-electron chi connectivity index (χ1n) is 11.4. The lowest BCUT2D eigenvalue weighted by molar-refractivity contribution is -0.136. The topological polar surface area (TPSA) is 81.8 Å². The molecule has 0 bridgehead atoms. The first kappa shape index (κ1) is 26.0. The number of anilines is 1. The third-order valence-electron chi connectivity index (χ3n) is 6.17. The van der Waals surface area contributed by atoms with Gasteiger partial charge in [-0.05, 0) is 61.4 Å². The number of halogens is 2. The Morgan fingerprint density at radius 3 is 2.32 bits per heavy atom. The van der Waals surface area contributed by atoms with E-state index in [-0.39, 0.29) is 29.8 Å². The fourth-order valence-electron chi connectivity index (χ4n) is 3.89. The number of benzene rings is 2. The molecule has 0 aliphatic carbocycles. The van der Waals surface area contributed by atoms with Gasteiger partial charge in [-0.2, -0.15) is 0 Å². The average molecular weight is 550 g/mol. The van der Waals surface area contributed by atoms with Crippen molar-refractivity contribution >= 4 is 51.1 Å². The van der Waals surface area contributed by atoms with Crippen molar-refractivity contribution in [1.82, 2.24) is 15.1 Å². The Morgan fingerprint density at radius 1 is 1.09 bits per heavy atom. The van der Waals surface area contributed by atoms with Gasteiger partial charge in [-0.25, -0.2) is 4.79 Å². The first-order valence-corrected chi connectivity index (χ1v) is 12.5. The van der Waals surface area contributed by atoms with E-state index in [1.54, 1.807) is 58.3 Å². The Hall–Kier alpha value is -2.58. The smallest absolute Gasteiger partial charge is 0.322 e. The normalized spacial score (nSPS) is 17.6. The number of nitrogens with one attached hydrogen (secondary N) is 2. The number of nitrogens with zero attached hydrogens (tertiary/aromatic N) is 2. The molecule has 3 atom stereocenters. The monoisotopic (exact) mass is 548 g/mol. The van der Waals surface area contributed by atoms with Gasteiger partial charge in [0.2, 0.25) is 5.91 Å². The molecule has 4 amide bonds. The third kappa shape index (κ3) is 6.51. The van der Waals surface area contributed by atoms with Crippen molar-refractivity contribution in [2.75, 3.05) is 25.0 Å². The molecule has 3 unspecified atom stereocenters. The lowest BCUT2D eigenvalue weighted by Gasteiger charge is -2.41. The Balaban J connectivity index is 1.64. The molecule has 0 aromatic heterocycles. The molecule has 2 aromatic carbocycles. The van der Waals surface area contributed by atoms with Crippen LogP contribution in [0.4, 0.5) is 10.5 Å². The Morgan fingerprint density at radius 2 is 1.74 bits per heavy atom. The van der Waals surface area contributed by atoms with Crippen LogP contribution in [0.25, 0.3) is 0 Å². The molecule has 1 aliphatic heterocycles. The first-order chi connectivity index (χ1) is 16.2.